The van der Waals surface area contributed by atoms with E-state index < -0.39 is 0 Å². The maximum atomic E-state index is 13.3. The maximum absolute atomic E-state index is 13.3. The van der Waals surface area contributed by atoms with Crippen LogP contribution in [0.15, 0.2) is 18.2 Å². The largest absolute Gasteiger partial charge is 0.497 e. The predicted octanol–water partition coefficient (Wildman–Crippen LogP) is 4.96. The van der Waals surface area contributed by atoms with Gasteiger partial charge in [-0.2, -0.15) is 0 Å². The highest BCUT2D eigenvalue weighted by Crippen LogP contribution is 2.38. The molecule has 1 aliphatic heterocycles. The lowest BCUT2D eigenvalue weighted by molar-refractivity contribution is 0.102. The second-order valence-electron chi connectivity index (χ2n) is 7.89. The minimum Gasteiger partial charge on any atom is -0.497 e. The summed E-state index contributed by atoms with van der Waals surface area (Å²) in [5.41, 5.74) is 1.47. The number of fused-ring (bicyclic) bond motifs is 1. The monoisotopic (exact) mass is 440 g/mol. The topological polar surface area (TPSA) is 76.6 Å². The molecule has 0 spiro atoms. The van der Waals surface area contributed by atoms with E-state index in [0.717, 1.165) is 46.8 Å². The van der Waals surface area contributed by atoms with Crippen LogP contribution >= 0.6 is 11.3 Å². The molecule has 0 radical (unpaired) electrons. The van der Waals surface area contributed by atoms with Crippen LogP contribution in [-0.2, 0) is 0 Å². The van der Waals surface area contributed by atoms with E-state index in [9.17, 15) is 4.79 Å². The summed E-state index contributed by atoms with van der Waals surface area (Å²) in [6, 6.07) is 5.74. The number of nitrogens with zero attached hydrogens (tertiary/aromatic N) is 3. The van der Waals surface area contributed by atoms with Crippen LogP contribution in [0.5, 0.6) is 11.5 Å². The molecule has 0 bridgehead atoms. The van der Waals surface area contributed by atoms with E-state index in [1.165, 1.54) is 17.8 Å². The van der Waals surface area contributed by atoms with Crippen LogP contribution in [-0.4, -0.2) is 42.7 Å². The third-order valence-electron chi connectivity index (χ3n) is 5.82. The Kier molecular flexibility index (Phi) is 6.00. The van der Waals surface area contributed by atoms with Crippen LogP contribution in [0.4, 0.5) is 11.5 Å². The molecule has 3 heterocycles. The third-order valence-corrected chi connectivity index (χ3v) is 7.00. The molecule has 1 atom stereocenters. The number of anilines is 2. The van der Waals surface area contributed by atoms with Crippen LogP contribution in [0.1, 0.15) is 47.2 Å². The molecule has 164 valence electrons. The first kappa shape index (κ1) is 21.4. The van der Waals surface area contributed by atoms with Gasteiger partial charge in [0.05, 0.1) is 30.2 Å². The first-order chi connectivity index (χ1) is 14.9. The Balaban J connectivity index is 1.75. The molecule has 1 aromatic carbocycles. The van der Waals surface area contributed by atoms with E-state index in [-0.39, 0.29) is 5.91 Å². The SMILES string of the molecule is COc1ccc(OC)c(NC(=O)c2sc3nc(C)nc(N4CCCC[C@H]4C)c3c2C)c1. The molecule has 0 aliphatic carbocycles. The fraction of sp³-hybridized carbons (Fsp3) is 0.435. The fourth-order valence-electron chi connectivity index (χ4n) is 4.15. The number of piperidine rings is 1. The molecule has 7 nitrogen and oxygen atoms in total. The van der Waals surface area contributed by atoms with Crippen LogP contribution in [0.25, 0.3) is 10.2 Å². The number of carbonyl (C=O) groups is 1. The quantitative estimate of drug-likeness (QED) is 0.605. The smallest absolute Gasteiger partial charge is 0.266 e. The molecule has 1 amide bonds. The standard InChI is InChI=1S/C23H28N4O3S/c1-13-8-6-7-11-27(13)21-19-14(2)20(31-23(19)25-15(3)24-21)22(28)26-17-12-16(29-4)9-10-18(17)30-5/h9-10,12-13H,6-8,11H2,1-5H3,(H,26,28)/t13-/m1/s1. The molecular weight excluding hydrogens is 412 g/mol. The van der Waals surface area contributed by atoms with Crippen LogP contribution in [0.2, 0.25) is 0 Å². The summed E-state index contributed by atoms with van der Waals surface area (Å²) >= 11 is 1.41. The second kappa shape index (κ2) is 8.70. The summed E-state index contributed by atoms with van der Waals surface area (Å²) in [4.78, 5) is 26.5. The first-order valence-electron chi connectivity index (χ1n) is 10.5. The average Bonchev–Trinajstić information content (AvgIpc) is 3.09. The van der Waals surface area contributed by atoms with Crippen LogP contribution in [0.3, 0.4) is 0 Å². The Morgan fingerprint density at radius 1 is 1.19 bits per heavy atom. The van der Waals surface area contributed by atoms with Crippen molar-refractivity contribution in [1.82, 2.24) is 9.97 Å². The Bertz CT molecular complexity index is 1130. The second-order valence-corrected chi connectivity index (χ2v) is 8.89. The number of hydrogen-bond acceptors (Lipinski definition) is 7. The van der Waals surface area contributed by atoms with Gasteiger partial charge < -0.3 is 19.7 Å². The zero-order valence-electron chi connectivity index (χ0n) is 18.6. The Hall–Kier alpha value is -2.87. The van der Waals surface area contributed by atoms with Gasteiger partial charge in [-0.25, -0.2) is 9.97 Å². The first-order valence-corrected chi connectivity index (χ1v) is 11.3. The zero-order chi connectivity index (χ0) is 22.1. The van der Waals surface area contributed by atoms with Crippen molar-refractivity contribution >= 4 is 39.0 Å². The van der Waals surface area contributed by atoms with Crippen molar-refractivity contribution in [2.24, 2.45) is 0 Å². The number of aryl methyl sites for hydroxylation is 2. The van der Waals surface area contributed by atoms with Crippen molar-refractivity contribution in [1.29, 1.82) is 0 Å². The number of rotatable bonds is 5. The summed E-state index contributed by atoms with van der Waals surface area (Å²) < 4.78 is 10.7. The van der Waals surface area contributed by atoms with Gasteiger partial charge in [-0.15, -0.1) is 11.3 Å². The van der Waals surface area contributed by atoms with Gasteiger partial charge in [0.15, 0.2) is 0 Å². The van der Waals surface area contributed by atoms with E-state index in [4.69, 9.17) is 14.5 Å². The lowest BCUT2D eigenvalue weighted by atomic mass is 10.0. The molecule has 8 heteroatoms. The molecule has 2 aromatic heterocycles. The summed E-state index contributed by atoms with van der Waals surface area (Å²) in [5.74, 6) is 2.70. The van der Waals surface area contributed by atoms with E-state index >= 15 is 0 Å². The van der Waals surface area contributed by atoms with Crippen molar-refractivity contribution in [2.75, 3.05) is 31.0 Å². The summed E-state index contributed by atoms with van der Waals surface area (Å²) in [7, 11) is 3.17. The summed E-state index contributed by atoms with van der Waals surface area (Å²) in [5, 5.41) is 3.96. The molecule has 1 saturated heterocycles. The van der Waals surface area contributed by atoms with E-state index in [0.29, 0.717) is 28.1 Å². The highest BCUT2D eigenvalue weighted by molar-refractivity contribution is 7.20. The van der Waals surface area contributed by atoms with Gasteiger partial charge in [0.1, 0.15) is 28.0 Å². The lowest BCUT2D eigenvalue weighted by Gasteiger charge is -2.35. The van der Waals surface area contributed by atoms with Gasteiger partial charge in [-0.05, 0) is 57.7 Å². The number of carbonyl (C=O) groups excluding carboxylic acids is 1. The Morgan fingerprint density at radius 2 is 2.00 bits per heavy atom. The number of methoxy groups -OCH3 is 2. The van der Waals surface area contributed by atoms with Crippen molar-refractivity contribution in [3.63, 3.8) is 0 Å². The van der Waals surface area contributed by atoms with E-state index in [2.05, 4.69) is 22.1 Å². The third kappa shape index (κ3) is 4.04. The molecule has 0 saturated carbocycles. The number of nitrogens with one attached hydrogen (secondary N) is 1. The fourth-order valence-corrected chi connectivity index (χ4v) is 5.27. The number of ether oxygens (including phenoxy) is 2. The van der Waals surface area contributed by atoms with Gasteiger partial charge in [-0.1, -0.05) is 0 Å². The van der Waals surface area contributed by atoms with Crippen molar-refractivity contribution in [2.45, 2.75) is 46.1 Å². The molecule has 1 aliphatic rings. The zero-order valence-corrected chi connectivity index (χ0v) is 19.4. The molecule has 3 aromatic rings. The molecular formula is C23H28N4O3S. The average molecular weight is 441 g/mol. The minimum absolute atomic E-state index is 0.192. The van der Waals surface area contributed by atoms with Crippen LogP contribution < -0.4 is 19.7 Å². The van der Waals surface area contributed by atoms with Gasteiger partial charge in [0.25, 0.3) is 5.91 Å². The van der Waals surface area contributed by atoms with Crippen molar-refractivity contribution < 1.29 is 14.3 Å². The molecule has 31 heavy (non-hydrogen) atoms. The number of amides is 1. The molecule has 1 fully saturated rings. The number of benzene rings is 1. The van der Waals surface area contributed by atoms with Gasteiger partial charge in [-0.3, -0.25) is 4.79 Å². The Morgan fingerprint density at radius 3 is 2.71 bits per heavy atom. The maximum Gasteiger partial charge on any atom is 0.266 e. The van der Waals surface area contributed by atoms with Crippen LogP contribution in [0, 0.1) is 13.8 Å². The Labute approximate surface area is 186 Å². The number of thiophene rings is 1. The number of aromatic nitrogens is 2. The van der Waals surface area contributed by atoms with Crippen molar-refractivity contribution in [3.05, 3.63) is 34.5 Å². The van der Waals surface area contributed by atoms with Gasteiger partial charge >= 0.3 is 0 Å². The van der Waals surface area contributed by atoms with E-state index in [1.54, 1.807) is 32.4 Å². The normalized spacial score (nSPS) is 16.4. The summed E-state index contributed by atoms with van der Waals surface area (Å²) in [6.07, 6.45) is 3.54. The number of hydrogen-bond donors (Lipinski definition) is 1. The van der Waals surface area contributed by atoms with Gasteiger partial charge in [0, 0.05) is 18.7 Å². The highest BCUT2D eigenvalue weighted by Gasteiger charge is 2.26. The molecule has 1 N–H and O–H groups in total. The van der Waals surface area contributed by atoms with Gasteiger partial charge in [0.2, 0.25) is 0 Å². The predicted molar refractivity (Wildman–Crippen MR) is 125 cm³/mol. The highest BCUT2D eigenvalue weighted by atomic mass is 32.1. The molecule has 0 unspecified atom stereocenters. The van der Waals surface area contributed by atoms with E-state index in [1.807, 2.05) is 13.8 Å². The minimum atomic E-state index is -0.192. The molecule has 4 rings (SSSR count). The summed E-state index contributed by atoms with van der Waals surface area (Å²) in [6.45, 7) is 7.11. The lowest BCUT2D eigenvalue weighted by Crippen LogP contribution is -2.38. The van der Waals surface area contributed by atoms with Crippen molar-refractivity contribution in [3.8, 4) is 11.5 Å².